The van der Waals surface area contributed by atoms with Crippen molar-refractivity contribution in [1.29, 1.82) is 0 Å². The molecule has 0 atom stereocenters. The Morgan fingerprint density at radius 1 is 1.28 bits per heavy atom. The Labute approximate surface area is 106 Å². The van der Waals surface area contributed by atoms with Crippen molar-refractivity contribution in [3.05, 3.63) is 52.8 Å². The second kappa shape index (κ2) is 4.96. The number of hydrogen-bond acceptors (Lipinski definition) is 3. The Morgan fingerprint density at radius 2 is 1.94 bits per heavy atom. The molecule has 94 valence electrons. The summed E-state index contributed by atoms with van der Waals surface area (Å²) in [6.45, 7) is 3.89. The van der Waals surface area contributed by atoms with Crippen molar-refractivity contribution in [2.75, 3.05) is 5.73 Å². The number of nitrogen functional groups attached to an aromatic ring is 1. The molecule has 2 rings (SSSR count). The molecule has 18 heavy (non-hydrogen) atoms. The number of rotatable bonds is 3. The smallest absolute Gasteiger partial charge is 0.355 e. The number of nitrogens with one attached hydrogen (secondary N) is 1. The molecule has 0 saturated heterocycles. The van der Waals surface area contributed by atoms with Gasteiger partial charge >= 0.3 is 5.97 Å². The molecule has 0 aliphatic heterocycles. The van der Waals surface area contributed by atoms with Crippen LogP contribution in [-0.4, -0.2) is 11.0 Å². The van der Waals surface area contributed by atoms with Gasteiger partial charge in [0.2, 0.25) is 0 Å². The van der Waals surface area contributed by atoms with E-state index in [2.05, 4.69) is 4.98 Å². The van der Waals surface area contributed by atoms with Crippen LogP contribution in [0.5, 0.6) is 0 Å². The van der Waals surface area contributed by atoms with Gasteiger partial charge in [-0.15, -0.1) is 0 Å². The number of carbonyl (C=O) groups is 1. The number of nitrogens with two attached hydrogens (primary N) is 1. The summed E-state index contributed by atoms with van der Waals surface area (Å²) < 4.78 is 5.24. The Hall–Kier alpha value is -2.23. The number of aromatic nitrogens is 1. The first-order valence-corrected chi connectivity index (χ1v) is 5.75. The van der Waals surface area contributed by atoms with E-state index in [4.69, 9.17) is 10.5 Å². The van der Waals surface area contributed by atoms with Gasteiger partial charge in [-0.2, -0.15) is 0 Å². The third kappa shape index (κ3) is 2.37. The standard InChI is InChI=1S/C14H16N2O2/c1-9-12(15)10(2)16-13(9)14(17)18-8-11-6-4-3-5-7-11/h3-7,16H,8,15H2,1-2H3. The third-order valence-corrected chi connectivity index (χ3v) is 2.91. The van der Waals surface area contributed by atoms with Crippen LogP contribution in [0.2, 0.25) is 0 Å². The zero-order chi connectivity index (χ0) is 13.1. The molecule has 4 nitrogen and oxygen atoms in total. The van der Waals surface area contributed by atoms with Crippen LogP contribution in [-0.2, 0) is 11.3 Å². The van der Waals surface area contributed by atoms with Crippen molar-refractivity contribution in [1.82, 2.24) is 4.98 Å². The van der Waals surface area contributed by atoms with Crippen LogP contribution < -0.4 is 5.73 Å². The number of aromatic amines is 1. The number of ether oxygens (including phenoxy) is 1. The van der Waals surface area contributed by atoms with Gasteiger partial charge in [-0.1, -0.05) is 30.3 Å². The Morgan fingerprint density at radius 3 is 2.50 bits per heavy atom. The van der Waals surface area contributed by atoms with E-state index in [9.17, 15) is 4.79 Å². The molecule has 1 aromatic carbocycles. The van der Waals surface area contributed by atoms with E-state index < -0.39 is 0 Å². The van der Waals surface area contributed by atoms with Gasteiger partial charge in [0.1, 0.15) is 12.3 Å². The van der Waals surface area contributed by atoms with E-state index in [1.54, 1.807) is 6.92 Å². The molecule has 0 fully saturated rings. The van der Waals surface area contributed by atoms with Gasteiger partial charge in [0.05, 0.1) is 5.69 Å². The van der Waals surface area contributed by atoms with Crippen LogP contribution in [0.3, 0.4) is 0 Å². The fourth-order valence-electron chi connectivity index (χ4n) is 1.76. The molecule has 4 heteroatoms. The maximum Gasteiger partial charge on any atom is 0.355 e. The van der Waals surface area contributed by atoms with Crippen LogP contribution in [0.4, 0.5) is 5.69 Å². The van der Waals surface area contributed by atoms with Crippen molar-refractivity contribution >= 4 is 11.7 Å². The summed E-state index contributed by atoms with van der Waals surface area (Å²) >= 11 is 0. The number of carbonyl (C=O) groups excluding carboxylic acids is 1. The fourth-order valence-corrected chi connectivity index (χ4v) is 1.76. The minimum atomic E-state index is -0.379. The van der Waals surface area contributed by atoms with Gasteiger partial charge in [-0.3, -0.25) is 0 Å². The van der Waals surface area contributed by atoms with E-state index in [1.807, 2.05) is 37.3 Å². The van der Waals surface area contributed by atoms with Crippen LogP contribution >= 0.6 is 0 Å². The quantitative estimate of drug-likeness (QED) is 0.815. The third-order valence-electron chi connectivity index (χ3n) is 2.91. The molecule has 1 aromatic heterocycles. The van der Waals surface area contributed by atoms with Crippen LogP contribution in [0, 0.1) is 13.8 Å². The number of hydrogen-bond donors (Lipinski definition) is 2. The molecule has 0 saturated carbocycles. The molecule has 1 heterocycles. The monoisotopic (exact) mass is 244 g/mol. The zero-order valence-corrected chi connectivity index (χ0v) is 10.5. The zero-order valence-electron chi connectivity index (χ0n) is 10.5. The summed E-state index contributed by atoms with van der Waals surface area (Å²) in [7, 11) is 0. The predicted molar refractivity (Wildman–Crippen MR) is 70.2 cm³/mol. The maximum atomic E-state index is 11.9. The molecule has 0 radical (unpaired) electrons. The molecular weight excluding hydrogens is 228 g/mol. The summed E-state index contributed by atoms with van der Waals surface area (Å²) in [5.74, 6) is -0.379. The van der Waals surface area contributed by atoms with Gasteiger partial charge in [-0.05, 0) is 19.4 Å². The molecule has 0 spiro atoms. The van der Waals surface area contributed by atoms with E-state index >= 15 is 0 Å². The lowest BCUT2D eigenvalue weighted by atomic mass is 10.2. The number of benzene rings is 1. The number of esters is 1. The normalized spacial score (nSPS) is 10.3. The summed E-state index contributed by atoms with van der Waals surface area (Å²) in [5.41, 5.74) is 9.34. The molecule has 0 unspecified atom stereocenters. The highest BCUT2D eigenvalue weighted by Crippen LogP contribution is 2.20. The summed E-state index contributed by atoms with van der Waals surface area (Å²) in [4.78, 5) is 14.8. The topological polar surface area (TPSA) is 68.1 Å². The predicted octanol–water partition coefficient (Wildman–Crippen LogP) is 2.57. The molecule has 0 aliphatic rings. The van der Waals surface area contributed by atoms with Crippen molar-refractivity contribution in [3.8, 4) is 0 Å². The first-order chi connectivity index (χ1) is 8.59. The summed E-state index contributed by atoms with van der Waals surface area (Å²) in [6, 6.07) is 9.56. The van der Waals surface area contributed by atoms with Crippen LogP contribution in [0.1, 0.15) is 27.3 Å². The van der Waals surface area contributed by atoms with Gasteiger partial charge < -0.3 is 15.5 Å². The average molecular weight is 244 g/mol. The SMILES string of the molecule is Cc1[nH]c(C(=O)OCc2ccccc2)c(C)c1N. The lowest BCUT2D eigenvalue weighted by Crippen LogP contribution is -2.07. The highest BCUT2D eigenvalue weighted by molar-refractivity contribution is 5.91. The largest absolute Gasteiger partial charge is 0.456 e. The van der Waals surface area contributed by atoms with E-state index in [1.165, 1.54) is 0 Å². The van der Waals surface area contributed by atoms with Gasteiger partial charge in [-0.25, -0.2) is 4.79 Å². The van der Waals surface area contributed by atoms with Crippen molar-refractivity contribution in [3.63, 3.8) is 0 Å². The van der Waals surface area contributed by atoms with Gasteiger partial charge in [0, 0.05) is 11.3 Å². The average Bonchev–Trinajstić information content (AvgIpc) is 2.65. The number of aryl methyl sites for hydroxylation is 1. The minimum Gasteiger partial charge on any atom is -0.456 e. The lowest BCUT2D eigenvalue weighted by Gasteiger charge is -2.04. The van der Waals surface area contributed by atoms with Crippen LogP contribution in [0.15, 0.2) is 30.3 Å². The van der Waals surface area contributed by atoms with E-state index in [0.717, 1.165) is 16.8 Å². The number of anilines is 1. The second-order valence-corrected chi connectivity index (χ2v) is 4.23. The lowest BCUT2D eigenvalue weighted by molar-refractivity contribution is 0.0465. The summed E-state index contributed by atoms with van der Waals surface area (Å²) in [6.07, 6.45) is 0. The highest BCUT2D eigenvalue weighted by Gasteiger charge is 2.16. The molecule has 2 aromatic rings. The Bertz CT molecular complexity index is 559. The van der Waals surface area contributed by atoms with Crippen LogP contribution in [0.25, 0.3) is 0 Å². The molecule has 0 amide bonds. The minimum absolute atomic E-state index is 0.261. The molecule has 0 bridgehead atoms. The van der Waals surface area contributed by atoms with E-state index in [0.29, 0.717) is 11.4 Å². The first kappa shape index (κ1) is 12.2. The molecule has 0 aliphatic carbocycles. The van der Waals surface area contributed by atoms with Gasteiger partial charge in [0.15, 0.2) is 0 Å². The number of H-pyrrole nitrogens is 1. The van der Waals surface area contributed by atoms with Crippen molar-refractivity contribution in [2.24, 2.45) is 0 Å². The second-order valence-electron chi connectivity index (χ2n) is 4.23. The molecular formula is C14H16N2O2. The van der Waals surface area contributed by atoms with Gasteiger partial charge in [0.25, 0.3) is 0 Å². The maximum absolute atomic E-state index is 11.9. The fraction of sp³-hybridized carbons (Fsp3) is 0.214. The van der Waals surface area contributed by atoms with Crippen molar-refractivity contribution in [2.45, 2.75) is 20.5 Å². The highest BCUT2D eigenvalue weighted by atomic mass is 16.5. The Kier molecular flexibility index (Phi) is 3.37. The molecule has 3 N–H and O–H groups in total. The Balaban J connectivity index is 2.06. The van der Waals surface area contributed by atoms with Crippen molar-refractivity contribution < 1.29 is 9.53 Å². The summed E-state index contributed by atoms with van der Waals surface area (Å²) in [5, 5.41) is 0. The first-order valence-electron chi connectivity index (χ1n) is 5.75. The van der Waals surface area contributed by atoms with E-state index in [-0.39, 0.29) is 12.6 Å².